The second-order valence-electron chi connectivity index (χ2n) is 3.95. The molecule has 1 fully saturated rings. The molecule has 0 amide bonds. The van der Waals surface area contributed by atoms with E-state index in [9.17, 15) is 4.79 Å². The van der Waals surface area contributed by atoms with Crippen LogP contribution < -0.4 is 0 Å². The molecule has 14 heavy (non-hydrogen) atoms. The number of carboxylic acids is 1. The van der Waals surface area contributed by atoms with Gasteiger partial charge in [-0.3, -0.25) is 9.69 Å². The van der Waals surface area contributed by atoms with Crippen LogP contribution in [0.2, 0.25) is 0 Å². The van der Waals surface area contributed by atoms with Crippen LogP contribution in [-0.4, -0.2) is 34.6 Å². The molecule has 78 valence electrons. The van der Waals surface area contributed by atoms with Gasteiger partial charge in [-0.25, -0.2) is 0 Å². The van der Waals surface area contributed by atoms with Crippen molar-refractivity contribution < 1.29 is 9.90 Å². The van der Waals surface area contributed by atoms with Crippen molar-refractivity contribution in [1.29, 1.82) is 5.26 Å². The summed E-state index contributed by atoms with van der Waals surface area (Å²) in [7, 11) is 0. The van der Waals surface area contributed by atoms with E-state index in [0.29, 0.717) is 19.4 Å². The second-order valence-corrected chi connectivity index (χ2v) is 3.95. The molecule has 0 saturated carbocycles. The zero-order chi connectivity index (χ0) is 10.7. The van der Waals surface area contributed by atoms with Gasteiger partial charge in [-0.2, -0.15) is 5.26 Å². The topological polar surface area (TPSA) is 64.3 Å². The Morgan fingerprint density at radius 1 is 1.71 bits per heavy atom. The lowest BCUT2D eigenvalue weighted by atomic mass is 9.91. The lowest BCUT2D eigenvalue weighted by Gasteiger charge is -2.37. The molecule has 0 aliphatic carbocycles. The lowest BCUT2D eigenvalue weighted by Crippen LogP contribution is -2.46. The van der Waals surface area contributed by atoms with Gasteiger partial charge >= 0.3 is 5.97 Å². The second kappa shape index (κ2) is 4.43. The number of aliphatic carboxylic acids is 1. The molecule has 1 aliphatic rings. The summed E-state index contributed by atoms with van der Waals surface area (Å²) in [4.78, 5) is 12.8. The Kier molecular flexibility index (Phi) is 3.48. The molecule has 4 nitrogen and oxygen atoms in total. The first-order chi connectivity index (χ1) is 6.56. The molecule has 1 saturated heterocycles. The van der Waals surface area contributed by atoms with Crippen molar-refractivity contribution in [3.05, 3.63) is 0 Å². The van der Waals surface area contributed by atoms with Crippen molar-refractivity contribution in [2.45, 2.75) is 38.8 Å². The SMILES string of the molecule is CC(C#N)N1CCC(C(=O)O)CC1C. The normalized spacial score (nSPS) is 30.6. The van der Waals surface area contributed by atoms with Crippen molar-refractivity contribution in [1.82, 2.24) is 4.90 Å². The molecule has 3 unspecified atom stereocenters. The van der Waals surface area contributed by atoms with E-state index >= 15 is 0 Å². The Morgan fingerprint density at radius 2 is 2.36 bits per heavy atom. The highest BCUT2D eigenvalue weighted by molar-refractivity contribution is 5.70. The van der Waals surface area contributed by atoms with Crippen molar-refractivity contribution in [2.24, 2.45) is 5.92 Å². The van der Waals surface area contributed by atoms with Crippen LogP contribution in [0.3, 0.4) is 0 Å². The van der Waals surface area contributed by atoms with E-state index in [0.717, 1.165) is 0 Å². The average molecular weight is 196 g/mol. The molecule has 1 aliphatic heterocycles. The van der Waals surface area contributed by atoms with Gasteiger partial charge in [0.15, 0.2) is 0 Å². The maximum Gasteiger partial charge on any atom is 0.306 e. The van der Waals surface area contributed by atoms with Gasteiger partial charge in [0.2, 0.25) is 0 Å². The fourth-order valence-corrected chi connectivity index (χ4v) is 2.06. The summed E-state index contributed by atoms with van der Waals surface area (Å²) in [6, 6.07) is 2.27. The van der Waals surface area contributed by atoms with Gasteiger partial charge in [-0.1, -0.05) is 0 Å². The Labute approximate surface area is 84.1 Å². The van der Waals surface area contributed by atoms with Crippen LogP contribution in [0.4, 0.5) is 0 Å². The maximum atomic E-state index is 10.8. The summed E-state index contributed by atoms with van der Waals surface area (Å²) in [5, 5.41) is 17.6. The molecule has 1 heterocycles. The number of likely N-dealkylation sites (tertiary alicyclic amines) is 1. The van der Waals surface area contributed by atoms with Crippen molar-refractivity contribution in [3.63, 3.8) is 0 Å². The largest absolute Gasteiger partial charge is 0.481 e. The molecule has 0 radical (unpaired) electrons. The molecule has 1 rings (SSSR count). The number of carboxylic acid groups (broad SMARTS) is 1. The molecule has 1 N–H and O–H groups in total. The number of nitrogens with zero attached hydrogens (tertiary/aromatic N) is 2. The third kappa shape index (κ3) is 2.24. The highest BCUT2D eigenvalue weighted by Gasteiger charge is 2.31. The summed E-state index contributed by atoms with van der Waals surface area (Å²) >= 11 is 0. The predicted octanol–water partition coefficient (Wildman–Crippen LogP) is 1.08. The van der Waals surface area contributed by atoms with Crippen LogP contribution in [0.25, 0.3) is 0 Å². The van der Waals surface area contributed by atoms with Gasteiger partial charge in [0.25, 0.3) is 0 Å². The number of hydrogen-bond donors (Lipinski definition) is 1. The predicted molar refractivity (Wildman–Crippen MR) is 51.6 cm³/mol. The number of hydrogen-bond acceptors (Lipinski definition) is 3. The minimum atomic E-state index is -0.707. The summed E-state index contributed by atoms with van der Waals surface area (Å²) < 4.78 is 0. The average Bonchev–Trinajstić information content (AvgIpc) is 2.16. The van der Waals surface area contributed by atoms with Crippen LogP contribution in [-0.2, 0) is 4.79 Å². The maximum absolute atomic E-state index is 10.8. The summed E-state index contributed by atoms with van der Waals surface area (Å²) in [6.45, 7) is 4.56. The molecule has 0 aromatic rings. The molecular weight excluding hydrogens is 180 g/mol. The van der Waals surface area contributed by atoms with Crippen molar-refractivity contribution in [3.8, 4) is 6.07 Å². The standard InChI is InChI=1S/C10H16N2O2/c1-7-5-9(10(13)14)3-4-12(7)8(2)6-11/h7-9H,3-5H2,1-2H3,(H,13,14). The van der Waals surface area contributed by atoms with E-state index in [1.807, 2.05) is 13.8 Å². The van der Waals surface area contributed by atoms with Crippen LogP contribution in [0.5, 0.6) is 0 Å². The zero-order valence-electron chi connectivity index (χ0n) is 8.60. The molecular formula is C10H16N2O2. The summed E-state index contributed by atoms with van der Waals surface area (Å²) in [5.41, 5.74) is 0. The Balaban J connectivity index is 2.57. The van der Waals surface area contributed by atoms with Gasteiger partial charge in [0.1, 0.15) is 0 Å². The van der Waals surface area contributed by atoms with Gasteiger partial charge in [0, 0.05) is 12.6 Å². The van der Waals surface area contributed by atoms with Gasteiger partial charge in [0.05, 0.1) is 18.0 Å². The number of rotatable bonds is 2. The van der Waals surface area contributed by atoms with Gasteiger partial charge in [-0.05, 0) is 26.7 Å². The van der Waals surface area contributed by atoms with Gasteiger partial charge in [-0.15, -0.1) is 0 Å². The number of nitriles is 1. The summed E-state index contributed by atoms with van der Waals surface area (Å²) in [5.74, 6) is -0.937. The Morgan fingerprint density at radius 3 is 2.79 bits per heavy atom. The highest BCUT2D eigenvalue weighted by Crippen LogP contribution is 2.24. The number of carbonyl (C=O) groups is 1. The van der Waals surface area contributed by atoms with Crippen LogP contribution in [0.1, 0.15) is 26.7 Å². The van der Waals surface area contributed by atoms with Gasteiger partial charge < -0.3 is 5.11 Å². The third-order valence-corrected chi connectivity index (χ3v) is 2.96. The first kappa shape index (κ1) is 11.0. The fourth-order valence-electron chi connectivity index (χ4n) is 2.06. The molecule has 4 heteroatoms. The highest BCUT2D eigenvalue weighted by atomic mass is 16.4. The van der Waals surface area contributed by atoms with E-state index in [1.54, 1.807) is 0 Å². The molecule has 0 bridgehead atoms. The lowest BCUT2D eigenvalue weighted by molar-refractivity contribution is -0.144. The van der Waals surface area contributed by atoms with Crippen LogP contribution in [0.15, 0.2) is 0 Å². The van der Waals surface area contributed by atoms with E-state index in [2.05, 4.69) is 11.0 Å². The number of piperidine rings is 1. The van der Waals surface area contributed by atoms with E-state index in [1.165, 1.54) is 0 Å². The van der Waals surface area contributed by atoms with Crippen LogP contribution in [0, 0.1) is 17.2 Å². The molecule has 0 spiro atoms. The monoisotopic (exact) mass is 196 g/mol. The molecule has 3 atom stereocenters. The zero-order valence-corrected chi connectivity index (χ0v) is 8.60. The Hall–Kier alpha value is -1.08. The van der Waals surface area contributed by atoms with E-state index < -0.39 is 5.97 Å². The van der Waals surface area contributed by atoms with Crippen molar-refractivity contribution in [2.75, 3.05) is 6.54 Å². The summed E-state index contributed by atoms with van der Waals surface area (Å²) in [6.07, 6.45) is 1.31. The quantitative estimate of drug-likeness (QED) is 0.717. The van der Waals surface area contributed by atoms with E-state index in [4.69, 9.17) is 10.4 Å². The van der Waals surface area contributed by atoms with E-state index in [-0.39, 0.29) is 18.0 Å². The Bertz CT molecular complexity index is 259. The molecule has 0 aromatic carbocycles. The smallest absolute Gasteiger partial charge is 0.306 e. The molecule has 0 aromatic heterocycles. The van der Waals surface area contributed by atoms with Crippen LogP contribution >= 0.6 is 0 Å². The first-order valence-corrected chi connectivity index (χ1v) is 4.94. The third-order valence-electron chi connectivity index (χ3n) is 2.96. The minimum Gasteiger partial charge on any atom is -0.481 e. The fraction of sp³-hybridized carbons (Fsp3) is 0.800. The van der Waals surface area contributed by atoms with Crippen molar-refractivity contribution >= 4 is 5.97 Å². The minimum absolute atomic E-state index is 0.111. The first-order valence-electron chi connectivity index (χ1n) is 4.94.